The Morgan fingerprint density at radius 1 is 1.25 bits per heavy atom. The molecular formula is C8H22N2O2. The molecule has 0 unspecified atom stereocenters. The van der Waals surface area contributed by atoms with E-state index in [9.17, 15) is 0 Å². The summed E-state index contributed by atoms with van der Waals surface area (Å²) in [6.07, 6.45) is 0. The van der Waals surface area contributed by atoms with E-state index >= 15 is 0 Å². The summed E-state index contributed by atoms with van der Waals surface area (Å²) in [4.78, 5) is 0. The summed E-state index contributed by atoms with van der Waals surface area (Å²) in [6.45, 7) is 5.15. The van der Waals surface area contributed by atoms with Gasteiger partial charge in [0.15, 0.2) is 0 Å². The zero-order valence-corrected chi connectivity index (χ0v) is 8.39. The topological polar surface area (TPSA) is 53.5 Å². The van der Waals surface area contributed by atoms with Crippen LogP contribution in [0.1, 0.15) is 6.92 Å². The molecule has 0 aromatic carbocycles. The number of likely N-dealkylation sites (N-methyl/N-ethyl adjacent to an activating group) is 1. The van der Waals surface area contributed by atoms with Crippen molar-refractivity contribution in [3.8, 4) is 0 Å². The second-order valence-electron chi connectivity index (χ2n) is 2.19. The van der Waals surface area contributed by atoms with Gasteiger partial charge in [-0.1, -0.05) is 6.92 Å². The van der Waals surface area contributed by atoms with Crippen molar-refractivity contribution in [2.45, 2.75) is 6.92 Å². The fourth-order valence-electron chi connectivity index (χ4n) is 0.488. The molecule has 3 N–H and O–H groups in total. The smallest absolute Gasteiger partial charge is 0.0698 e. The minimum absolute atomic E-state index is 0.117. The van der Waals surface area contributed by atoms with E-state index in [-0.39, 0.29) is 6.61 Å². The second-order valence-corrected chi connectivity index (χ2v) is 2.19. The first kappa shape index (κ1) is 14.4. The van der Waals surface area contributed by atoms with Crippen LogP contribution in [0, 0.1) is 0 Å². The van der Waals surface area contributed by atoms with Crippen LogP contribution in [-0.4, -0.2) is 52.1 Å². The molecule has 0 aliphatic rings. The van der Waals surface area contributed by atoms with Gasteiger partial charge >= 0.3 is 0 Å². The molecule has 0 aliphatic carbocycles. The first-order valence-electron chi connectivity index (χ1n) is 4.31. The summed E-state index contributed by atoms with van der Waals surface area (Å²) in [5, 5.41) is 14.1. The third kappa shape index (κ3) is 22.5. The Hall–Kier alpha value is -0.160. The van der Waals surface area contributed by atoms with Gasteiger partial charge in [-0.05, 0) is 20.6 Å². The predicted octanol–water partition coefficient (Wildman–Crippen LogP) is -0.560. The first-order valence-corrected chi connectivity index (χ1v) is 4.31. The SMILES string of the molecule is CCNCCOCCO.CNC. The van der Waals surface area contributed by atoms with E-state index in [1.54, 1.807) is 0 Å². The molecule has 0 atom stereocenters. The highest BCUT2D eigenvalue weighted by molar-refractivity contribution is 4.39. The maximum atomic E-state index is 8.28. The molecule has 0 aromatic heterocycles. The largest absolute Gasteiger partial charge is 0.394 e. The lowest BCUT2D eigenvalue weighted by molar-refractivity contribution is 0.0942. The van der Waals surface area contributed by atoms with Gasteiger partial charge in [0.05, 0.1) is 19.8 Å². The van der Waals surface area contributed by atoms with E-state index < -0.39 is 0 Å². The van der Waals surface area contributed by atoms with Crippen molar-refractivity contribution < 1.29 is 9.84 Å². The Balaban J connectivity index is 0. The lowest BCUT2D eigenvalue weighted by Gasteiger charge is -2.00. The fraction of sp³-hybridized carbons (Fsp3) is 1.00. The number of aliphatic hydroxyl groups is 1. The maximum Gasteiger partial charge on any atom is 0.0698 e. The highest BCUT2D eigenvalue weighted by atomic mass is 16.5. The van der Waals surface area contributed by atoms with Crippen molar-refractivity contribution in [3.05, 3.63) is 0 Å². The molecule has 76 valence electrons. The van der Waals surface area contributed by atoms with Gasteiger partial charge in [0.2, 0.25) is 0 Å². The van der Waals surface area contributed by atoms with Crippen LogP contribution >= 0.6 is 0 Å². The van der Waals surface area contributed by atoms with Crippen LogP contribution in [-0.2, 0) is 4.74 Å². The van der Waals surface area contributed by atoms with E-state index in [1.165, 1.54) is 0 Å². The van der Waals surface area contributed by atoms with Crippen molar-refractivity contribution >= 4 is 0 Å². The Morgan fingerprint density at radius 2 is 1.83 bits per heavy atom. The van der Waals surface area contributed by atoms with Crippen LogP contribution < -0.4 is 10.6 Å². The number of ether oxygens (including phenoxy) is 1. The molecule has 0 aliphatic heterocycles. The van der Waals surface area contributed by atoms with Crippen LogP contribution in [0.4, 0.5) is 0 Å². The summed E-state index contributed by atoms with van der Waals surface area (Å²) in [7, 11) is 3.75. The molecule has 12 heavy (non-hydrogen) atoms. The lowest BCUT2D eigenvalue weighted by atomic mass is 10.6. The van der Waals surface area contributed by atoms with E-state index in [0.29, 0.717) is 13.2 Å². The van der Waals surface area contributed by atoms with E-state index in [0.717, 1.165) is 13.1 Å². The normalized spacial score (nSPS) is 9.00. The van der Waals surface area contributed by atoms with Crippen molar-refractivity contribution in [2.24, 2.45) is 0 Å². The highest BCUT2D eigenvalue weighted by Gasteiger charge is 1.83. The predicted molar refractivity (Wildman–Crippen MR) is 51.4 cm³/mol. The standard InChI is InChI=1S/C6H15NO2.C2H7N/c1-2-7-3-5-9-6-4-8;1-3-2/h7-8H,2-6H2,1H3;3H,1-2H3. The average molecular weight is 178 g/mol. The van der Waals surface area contributed by atoms with E-state index in [2.05, 4.69) is 10.6 Å². The van der Waals surface area contributed by atoms with Gasteiger partial charge in [0, 0.05) is 6.54 Å². The van der Waals surface area contributed by atoms with Crippen molar-refractivity contribution in [1.82, 2.24) is 10.6 Å². The van der Waals surface area contributed by atoms with Gasteiger partial charge in [-0.25, -0.2) is 0 Å². The summed E-state index contributed by atoms with van der Waals surface area (Å²) in [6, 6.07) is 0. The average Bonchev–Trinajstić information content (AvgIpc) is 2.06. The Morgan fingerprint density at radius 3 is 2.25 bits per heavy atom. The molecule has 0 radical (unpaired) electrons. The number of hydrogen-bond acceptors (Lipinski definition) is 4. The Kier molecular flexibility index (Phi) is 20.4. The molecule has 4 heteroatoms. The number of hydrogen-bond donors (Lipinski definition) is 3. The fourth-order valence-corrected chi connectivity index (χ4v) is 0.488. The minimum atomic E-state index is 0.117. The first-order chi connectivity index (χ1) is 5.83. The third-order valence-corrected chi connectivity index (χ3v) is 0.909. The van der Waals surface area contributed by atoms with Gasteiger partial charge in [0.25, 0.3) is 0 Å². The summed E-state index contributed by atoms with van der Waals surface area (Å²) < 4.78 is 4.97. The van der Waals surface area contributed by atoms with Crippen LogP contribution in [0.2, 0.25) is 0 Å². The van der Waals surface area contributed by atoms with Crippen LogP contribution in [0.3, 0.4) is 0 Å². The molecule has 0 spiro atoms. The molecule has 0 amide bonds. The highest BCUT2D eigenvalue weighted by Crippen LogP contribution is 1.69. The zero-order chi connectivity index (χ0) is 9.66. The summed E-state index contributed by atoms with van der Waals surface area (Å²) in [5.74, 6) is 0. The molecular weight excluding hydrogens is 156 g/mol. The zero-order valence-electron chi connectivity index (χ0n) is 8.39. The summed E-state index contributed by atoms with van der Waals surface area (Å²) >= 11 is 0. The second kappa shape index (κ2) is 17.1. The minimum Gasteiger partial charge on any atom is -0.394 e. The van der Waals surface area contributed by atoms with Crippen molar-refractivity contribution in [3.63, 3.8) is 0 Å². The van der Waals surface area contributed by atoms with Gasteiger partial charge < -0.3 is 20.5 Å². The van der Waals surface area contributed by atoms with Crippen LogP contribution in [0.5, 0.6) is 0 Å². The summed E-state index contributed by atoms with van der Waals surface area (Å²) in [5.41, 5.74) is 0. The number of aliphatic hydroxyl groups excluding tert-OH is 1. The molecule has 0 rings (SSSR count). The number of rotatable bonds is 6. The van der Waals surface area contributed by atoms with Gasteiger partial charge in [-0.15, -0.1) is 0 Å². The van der Waals surface area contributed by atoms with Crippen molar-refractivity contribution in [2.75, 3.05) is 47.0 Å². The molecule has 4 nitrogen and oxygen atoms in total. The molecule has 0 saturated carbocycles. The quantitative estimate of drug-likeness (QED) is 0.477. The maximum absolute atomic E-state index is 8.28. The van der Waals surface area contributed by atoms with E-state index in [1.807, 2.05) is 21.0 Å². The van der Waals surface area contributed by atoms with Crippen LogP contribution in [0.15, 0.2) is 0 Å². The molecule has 0 heterocycles. The Bertz CT molecular complexity index is 57.0. The molecule has 0 aromatic rings. The lowest BCUT2D eigenvalue weighted by Crippen LogP contribution is -2.19. The van der Waals surface area contributed by atoms with Crippen LogP contribution in [0.25, 0.3) is 0 Å². The van der Waals surface area contributed by atoms with Gasteiger partial charge in [-0.2, -0.15) is 0 Å². The van der Waals surface area contributed by atoms with Crippen molar-refractivity contribution in [1.29, 1.82) is 0 Å². The monoisotopic (exact) mass is 178 g/mol. The molecule has 0 fully saturated rings. The van der Waals surface area contributed by atoms with E-state index in [4.69, 9.17) is 9.84 Å². The van der Waals surface area contributed by atoms with Gasteiger partial charge in [-0.3, -0.25) is 0 Å². The molecule has 0 saturated heterocycles. The number of nitrogens with one attached hydrogen (secondary N) is 2. The molecule has 0 bridgehead atoms. The van der Waals surface area contributed by atoms with Gasteiger partial charge in [0.1, 0.15) is 0 Å². The third-order valence-electron chi connectivity index (χ3n) is 0.909. The Labute approximate surface area is 75.3 Å².